The maximum atomic E-state index is 12.1. The van der Waals surface area contributed by atoms with Gasteiger partial charge in [-0.25, -0.2) is 9.78 Å². The van der Waals surface area contributed by atoms with Crippen molar-refractivity contribution in [1.82, 2.24) is 15.0 Å². The van der Waals surface area contributed by atoms with Crippen LogP contribution in [0.5, 0.6) is 11.5 Å². The Morgan fingerprint density at radius 3 is 2.23 bits per heavy atom. The first-order chi connectivity index (χ1) is 16.7. The molecule has 0 aliphatic carbocycles. The van der Waals surface area contributed by atoms with E-state index >= 15 is 0 Å². The standard InChI is InChI=1S/C26H33N5O4/c1-16(2)12-18-15-28-26(31(3)4)30-24(18)29-20(25(32)33)13-17-10-11-19(27-14-17)23-21(34-5)8-7-9-22(23)35-6/h7-11,14-16,20H,12-13H2,1-6H3,(H,32,33)(H,28,29,30). The number of aliphatic carboxylic acids is 1. The van der Waals surface area contributed by atoms with Crippen LogP contribution in [-0.2, 0) is 17.6 Å². The lowest BCUT2D eigenvalue weighted by molar-refractivity contribution is -0.137. The number of hydrogen-bond acceptors (Lipinski definition) is 8. The van der Waals surface area contributed by atoms with Gasteiger partial charge in [-0.05, 0) is 36.1 Å². The highest BCUT2D eigenvalue weighted by Gasteiger charge is 2.22. The fourth-order valence-corrected chi connectivity index (χ4v) is 3.72. The number of carbonyl (C=O) groups is 1. The summed E-state index contributed by atoms with van der Waals surface area (Å²) < 4.78 is 11.0. The number of pyridine rings is 1. The first kappa shape index (κ1) is 25.7. The van der Waals surface area contributed by atoms with E-state index in [1.165, 1.54) is 0 Å². The molecular weight excluding hydrogens is 446 g/mol. The van der Waals surface area contributed by atoms with Crippen molar-refractivity contribution >= 4 is 17.7 Å². The Hall–Kier alpha value is -3.88. The van der Waals surface area contributed by atoms with E-state index in [2.05, 4.69) is 34.1 Å². The highest BCUT2D eigenvalue weighted by atomic mass is 16.5. The molecule has 2 N–H and O–H groups in total. The van der Waals surface area contributed by atoms with Crippen molar-refractivity contribution in [2.45, 2.75) is 32.7 Å². The summed E-state index contributed by atoms with van der Waals surface area (Å²) in [4.78, 5) is 27.5. The van der Waals surface area contributed by atoms with Gasteiger partial charge in [0.1, 0.15) is 23.4 Å². The van der Waals surface area contributed by atoms with Crippen LogP contribution in [0.4, 0.5) is 11.8 Å². The summed E-state index contributed by atoms with van der Waals surface area (Å²) in [6, 6.07) is 8.35. The molecule has 0 aliphatic heterocycles. The van der Waals surface area contributed by atoms with Crippen LogP contribution < -0.4 is 19.7 Å². The lowest BCUT2D eigenvalue weighted by Crippen LogP contribution is -2.33. The Morgan fingerprint density at radius 1 is 1.03 bits per heavy atom. The second-order valence-corrected chi connectivity index (χ2v) is 8.86. The minimum atomic E-state index is -0.971. The van der Waals surface area contributed by atoms with Gasteiger partial charge in [0.05, 0.1) is 25.5 Å². The summed E-state index contributed by atoms with van der Waals surface area (Å²) in [5, 5.41) is 13.1. The van der Waals surface area contributed by atoms with Gasteiger partial charge in [0.25, 0.3) is 0 Å². The normalized spacial score (nSPS) is 11.7. The molecule has 0 amide bonds. The maximum Gasteiger partial charge on any atom is 0.326 e. The second kappa shape index (κ2) is 11.5. The van der Waals surface area contributed by atoms with Crippen molar-refractivity contribution < 1.29 is 19.4 Å². The van der Waals surface area contributed by atoms with Crippen molar-refractivity contribution in [3.05, 3.63) is 53.9 Å². The molecule has 3 rings (SSSR count). The zero-order chi connectivity index (χ0) is 25.5. The van der Waals surface area contributed by atoms with E-state index in [-0.39, 0.29) is 6.42 Å². The Kier molecular flexibility index (Phi) is 8.46. The van der Waals surface area contributed by atoms with Crippen LogP contribution in [0.25, 0.3) is 11.3 Å². The van der Waals surface area contributed by atoms with Crippen LogP contribution in [0.3, 0.4) is 0 Å². The molecule has 0 saturated heterocycles. The molecule has 9 nitrogen and oxygen atoms in total. The van der Waals surface area contributed by atoms with E-state index in [1.807, 2.05) is 44.4 Å². The first-order valence-electron chi connectivity index (χ1n) is 11.4. The van der Waals surface area contributed by atoms with Crippen LogP contribution in [0.2, 0.25) is 0 Å². The van der Waals surface area contributed by atoms with E-state index in [9.17, 15) is 9.90 Å². The molecule has 186 valence electrons. The Morgan fingerprint density at radius 2 is 1.71 bits per heavy atom. The van der Waals surface area contributed by atoms with Crippen molar-refractivity contribution in [3.8, 4) is 22.8 Å². The summed E-state index contributed by atoms with van der Waals surface area (Å²) >= 11 is 0. The summed E-state index contributed by atoms with van der Waals surface area (Å²) in [5.41, 5.74) is 3.07. The maximum absolute atomic E-state index is 12.1. The number of aromatic nitrogens is 3. The van der Waals surface area contributed by atoms with E-state index in [1.54, 1.807) is 31.5 Å². The summed E-state index contributed by atoms with van der Waals surface area (Å²) in [6.07, 6.45) is 4.41. The predicted molar refractivity (Wildman–Crippen MR) is 136 cm³/mol. The third-order valence-corrected chi connectivity index (χ3v) is 5.44. The van der Waals surface area contributed by atoms with Gasteiger partial charge in [-0.1, -0.05) is 26.0 Å². The SMILES string of the molecule is COc1cccc(OC)c1-c1ccc(CC(Nc2nc(N(C)C)ncc2CC(C)C)C(=O)O)cn1. The third-order valence-electron chi connectivity index (χ3n) is 5.44. The van der Waals surface area contributed by atoms with Gasteiger partial charge < -0.3 is 24.8 Å². The van der Waals surface area contributed by atoms with Crippen LogP contribution in [0, 0.1) is 5.92 Å². The Labute approximate surface area is 206 Å². The quantitative estimate of drug-likeness (QED) is 0.423. The molecule has 2 aromatic heterocycles. The summed E-state index contributed by atoms with van der Waals surface area (Å²) in [7, 11) is 6.88. The van der Waals surface area contributed by atoms with Crippen LogP contribution in [-0.4, -0.2) is 60.4 Å². The molecule has 0 spiro atoms. The van der Waals surface area contributed by atoms with Crippen LogP contribution >= 0.6 is 0 Å². The number of carboxylic acids is 1. The van der Waals surface area contributed by atoms with Gasteiger partial charge >= 0.3 is 5.97 Å². The number of hydrogen-bond donors (Lipinski definition) is 2. The Bertz CT molecular complexity index is 1130. The fraction of sp³-hybridized carbons (Fsp3) is 0.385. The second-order valence-electron chi connectivity index (χ2n) is 8.86. The van der Waals surface area contributed by atoms with Gasteiger partial charge in [-0.15, -0.1) is 0 Å². The molecular formula is C26H33N5O4. The smallest absolute Gasteiger partial charge is 0.326 e. The molecule has 2 heterocycles. The Balaban J connectivity index is 1.87. The molecule has 35 heavy (non-hydrogen) atoms. The number of rotatable bonds is 11. The first-order valence-corrected chi connectivity index (χ1v) is 11.4. The van der Waals surface area contributed by atoms with Gasteiger partial charge in [0.2, 0.25) is 5.95 Å². The van der Waals surface area contributed by atoms with E-state index in [4.69, 9.17) is 9.47 Å². The van der Waals surface area contributed by atoms with Crippen molar-refractivity contribution in [3.63, 3.8) is 0 Å². The molecule has 0 aliphatic rings. The molecule has 1 unspecified atom stereocenters. The van der Waals surface area contributed by atoms with Crippen molar-refractivity contribution in [1.29, 1.82) is 0 Å². The average molecular weight is 480 g/mol. The van der Waals surface area contributed by atoms with Gasteiger partial charge in [0, 0.05) is 38.5 Å². The molecule has 0 saturated carbocycles. The van der Waals surface area contributed by atoms with Gasteiger partial charge in [-0.2, -0.15) is 4.98 Å². The molecule has 1 aromatic carbocycles. The molecule has 0 bridgehead atoms. The zero-order valence-corrected chi connectivity index (χ0v) is 21.1. The molecule has 3 aromatic rings. The number of nitrogens with zero attached hydrogens (tertiary/aromatic N) is 4. The number of methoxy groups -OCH3 is 2. The number of anilines is 2. The number of nitrogens with one attached hydrogen (secondary N) is 1. The zero-order valence-electron chi connectivity index (χ0n) is 21.1. The molecule has 0 fully saturated rings. The summed E-state index contributed by atoms with van der Waals surface area (Å²) in [6.45, 7) is 4.20. The lowest BCUT2D eigenvalue weighted by atomic mass is 10.0. The minimum absolute atomic E-state index is 0.230. The topological polar surface area (TPSA) is 110 Å². The fourth-order valence-electron chi connectivity index (χ4n) is 3.72. The highest BCUT2D eigenvalue weighted by Crippen LogP contribution is 2.37. The third kappa shape index (κ3) is 6.38. The number of carboxylic acid groups (broad SMARTS) is 1. The average Bonchev–Trinajstić information content (AvgIpc) is 2.84. The van der Waals surface area contributed by atoms with Gasteiger partial charge in [0.15, 0.2) is 0 Å². The number of ether oxygens (including phenoxy) is 2. The summed E-state index contributed by atoms with van der Waals surface area (Å²) in [5.74, 6) is 1.74. The largest absolute Gasteiger partial charge is 0.496 e. The predicted octanol–water partition coefficient (Wildman–Crippen LogP) is 3.93. The van der Waals surface area contributed by atoms with E-state index in [0.717, 1.165) is 23.1 Å². The molecule has 0 radical (unpaired) electrons. The highest BCUT2D eigenvalue weighted by molar-refractivity contribution is 5.78. The van der Waals surface area contributed by atoms with E-state index in [0.29, 0.717) is 34.9 Å². The van der Waals surface area contributed by atoms with Crippen LogP contribution in [0.1, 0.15) is 25.0 Å². The van der Waals surface area contributed by atoms with Gasteiger partial charge in [-0.3, -0.25) is 4.98 Å². The van der Waals surface area contributed by atoms with E-state index < -0.39 is 12.0 Å². The number of benzene rings is 1. The molecule has 9 heteroatoms. The minimum Gasteiger partial charge on any atom is -0.496 e. The van der Waals surface area contributed by atoms with Crippen molar-refractivity contribution in [2.75, 3.05) is 38.5 Å². The lowest BCUT2D eigenvalue weighted by Gasteiger charge is -2.20. The van der Waals surface area contributed by atoms with Crippen molar-refractivity contribution in [2.24, 2.45) is 5.92 Å². The monoisotopic (exact) mass is 479 g/mol. The molecule has 1 atom stereocenters. The van der Waals surface area contributed by atoms with Crippen LogP contribution in [0.15, 0.2) is 42.7 Å².